The molecule has 3 rings (SSSR count). The van der Waals surface area contributed by atoms with Gasteiger partial charge in [-0.25, -0.2) is 0 Å². The molecular formula is C19H24N4O2. The minimum Gasteiger partial charge on any atom is -0.494 e. The Balaban J connectivity index is 1.38. The van der Waals surface area contributed by atoms with Gasteiger partial charge >= 0.3 is 0 Å². The number of rotatable bonds is 7. The quantitative estimate of drug-likeness (QED) is 0.783. The van der Waals surface area contributed by atoms with Gasteiger partial charge in [0.05, 0.1) is 12.8 Å². The summed E-state index contributed by atoms with van der Waals surface area (Å²) in [6.45, 7) is 3.70. The van der Waals surface area contributed by atoms with E-state index in [-0.39, 0.29) is 0 Å². The molecule has 0 aliphatic carbocycles. The van der Waals surface area contributed by atoms with Gasteiger partial charge in [0.2, 0.25) is 5.91 Å². The summed E-state index contributed by atoms with van der Waals surface area (Å²) in [6.07, 6.45) is 8.32. The van der Waals surface area contributed by atoms with Crippen LogP contribution < -0.4 is 10.5 Å². The molecule has 6 nitrogen and oxygen atoms in total. The fourth-order valence-electron chi connectivity index (χ4n) is 2.96. The van der Waals surface area contributed by atoms with E-state index in [9.17, 15) is 4.79 Å². The third-order valence-electron chi connectivity index (χ3n) is 4.40. The lowest BCUT2D eigenvalue weighted by molar-refractivity contribution is 0.100. The Labute approximate surface area is 147 Å². The maximum absolute atomic E-state index is 11.0. The van der Waals surface area contributed by atoms with Crippen LogP contribution >= 0.6 is 0 Å². The number of aryl methyl sites for hydroxylation is 1. The number of hydrogen-bond acceptors (Lipinski definition) is 4. The fourth-order valence-corrected chi connectivity index (χ4v) is 2.96. The van der Waals surface area contributed by atoms with E-state index in [2.05, 4.69) is 22.3 Å². The van der Waals surface area contributed by atoms with Crippen LogP contribution in [0.3, 0.4) is 0 Å². The van der Waals surface area contributed by atoms with Crippen molar-refractivity contribution in [2.24, 2.45) is 12.8 Å². The van der Waals surface area contributed by atoms with Crippen LogP contribution in [-0.2, 0) is 7.05 Å². The molecule has 0 radical (unpaired) electrons. The van der Waals surface area contributed by atoms with E-state index in [0.717, 1.165) is 38.2 Å². The van der Waals surface area contributed by atoms with Crippen molar-refractivity contribution >= 4 is 11.5 Å². The number of primary amides is 1. The van der Waals surface area contributed by atoms with Crippen molar-refractivity contribution in [3.8, 4) is 5.75 Å². The van der Waals surface area contributed by atoms with Gasteiger partial charge in [-0.1, -0.05) is 6.08 Å². The summed E-state index contributed by atoms with van der Waals surface area (Å²) in [4.78, 5) is 13.5. The molecule has 0 spiro atoms. The van der Waals surface area contributed by atoms with Crippen molar-refractivity contribution in [2.75, 3.05) is 26.2 Å². The molecule has 132 valence electrons. The van der Waals surface area contributed by atoms with Crippen LogP contribution in [0.5, 0.6) is 5.75 Å². The van der Waals surface area contributed by atoms with Gasteiger partial charge in [-0.2, -0.15) is 5.10 Å². The second-order valence-electron chi connectivity index (χ2n) is 6.27. The topological polar surface area (TPSA) is 73.4 Å². The summed E-state index contributed by atoms with van der Waals surface area (Å²) in [5.41, 5.74) is 8.33. The number of benzene rings is 1. The van der Waals surface area contributed by atoms with Gasteiger partial charge in [0.15, 0.2) is 0 Å². The predicted octanol–water partition coefficient (Wildman–Crippen LogP) is 2.08. The van der Waals surface area contributed by atoms with Crippen molar-refractivity contribution in [1.29, 1.82) is 0 Å². The van der Waals surface area contributed by atoms with Crippen molar-refractivity contribution < 1.29 is 9.53 Å². The SMILES string of the molecule is Cn1cc(C2=CCN(CCCOc3ccc(C(N)=O)cc3)CC2)cn1. The largest absolute Gasteiger partial charge is 0.494 e. The summed E-state index contributed by atoms with van der Waals surface area (Å²) in [7, 11) is 1.95. The highest BCUT2D eigenvalue weighted by Crippen LogP contribution is 2.21. The van der Waals surface area contributed by atoms with Gasteiger partial charge in [-0.15, -0.1) is 0 Å². The maximum Gasteiger partial charge on any atom is 0.248 e. The third kappa shape index (κ3) is 4.70. The van der Waals surface area contributed by atoms with Gasteiger partial charge in [-0.05, 0) is 42.7 Å². The van der Waals surface area contributed by atoms with Crippen LogP contribution in [0.1, 0.15) is 28.8 Å². The number of nitrogens with zero attached hydrogens (tertiary/aromatic N) is 3. The number of ether oxygens (including phenoxy) is 1. The van der Waals surface area contributed by atoms with Crippen molar-refractivity contribution in [3.05, 3.63) is 53.9 Å². The van der Waals surface area contributed by atoms with Gasteiger partial charge in [0.25, 0.3) is 0 Å². The first-order chi connectivity index (χ1) is 12.1. The van der Waals surface area contributed by atoms with Gasteiger partial charge < -0.3 is 10.5 Å². The summed E-state index contributed by atoms with van der Waals surface area (Å²) in [5.74, 6) is 0.345. The van der Waals surface area contributed by atoms with E-state index < -0.39 is 5.91 Å². The molecule has 1 aliphatic heterocycles. The Kier molecular flexibility index (Phi) is 5.50. The maximum atomic E-state index is 11.0. The first-order valence-electron chi connectivity index (χ1n) is 8.55. The molecule has 1 aromatic carbocycles. The predicted molar refractivity (Wildman–Crippen MR) is 97.3 cm³/mol. The van der Waals surface area contributed by atoms with Gasteiger partial charge in [0.1, 0.15) is 5.75 Å². The first-order valence-corrected chi connectivity index (χ1v) is 8.55. The summed E-state index contributed by atoms with van der Waals surface area (Å²) in [5, 5.41) is 4.24. The minimum absolute atomic E-state index is 0.421. The molecule has 0 unspecified atom stereocenters. The van der Waals surface area contributed by atoms with Crippen molar-refractivity contribution in [2.45, 2.75) is 12.8 Å². The van der Waals surface area contributed by atoms with E-state index >= 15 is 0 Å². The molecule has 6 heteroatoms. The van der Waals surface area contributed by atoms with E-state index in [1.54, 1.807) is 24.3 Å². The van der Waals surface area contributed by atoms with Gasteiger partial charge in [0, 0.05) is 44.0 Å². The highest BCUT2D eigenvalue weighted by atomic mass is 16.5. The molecular weight excluding hydrogens is 316 g/mol. The number of nitrogens with two attached hydrogens (primary N) is 1. The third-order valence-corrected chi connectivity index (χ3v) is 4.40. The zero-order chi connectivity index (χ0) is 17.6. The highest BCUT2D eigenvalue weighted by Gasteiger charge is 2.13. The molecule has 0 fully saturated rings. The number of aromatic nitrogens is 2. The lowest BCUT2D eigenvalue weighted by Crippen LogP contribution is -2.30. The Bertz CT molecular complexity index is 749. The zero-order valence-corrected chi connectivity index (χ0v) is 14.5. The standard InChI is InChI=1S/C19H24N4O2/c1-22-14-17(13-21-22)15-7-10-23(11-8-15)9-2-12-25-18-5-3-16(4-6-18)19(20)24/h3-7,13-14H,2,8-12H2,1H3,(H2,20,24). The lowest BCUT2D eigenvalue weighted by Gasteiger charge is -2.25. The molecule has 0 saturated heterocycles. The molecule has 1 aliphatic rings. The average Bonchev–Trinajstić information content (AvgIpc) is 3.06. The van der Waals surface area contributed by atoms with E-state index in [4.69, 9.17) is 10.5 Å². The molecule has 0 atom stereocenters. The fraction of sp³-hybridized carbons (Fsp3) is 0.368. The van der Waals surface area contributed by atoms with Crippen LogP contribution in [0.25, 0.3) is 5.57 Å². The highest BCUT2D eigenvalue weighted by molar-refractivity contribution is 5.92. The zero-order valence-electron chi connectivity index (χ0n) is 14.5. The number of amides is 1. The average molecular weight is 340 g/mol. The normalized spacial score (nSPS) is 15.0. The summed E-state index contributed by atoms with van der Waals surface area (Å²) < 4.78 is 7.56. The Hall–Kier alpha value is -2.60. The molecule has 2 N–H and O–H groups in total. The van der Waals surface area contributed by atoms with Crippen molar-refractivity contribution in [3.63, 3.8) is 0 Å². The van der Waals surface area contributed by atoms with E-state index in [0.29, 0.717) is 12.2 Å². The van der Waals surface area contributed by atoms with E-state index in [1.165, 1.54) is 11.1 Å². The number of hydrogen-bond donors (Lipinski definition) is 1. The van der Waals surface area contributed by atoms with Crippen LogP contribution in [0.2, 0.25) is 0 Å². The minimum atomic E-state index is -0.421. The number of carbonyl (C=O) groups excluding carboxylic acids is 1. The lowest BCUT2D eigenvalue weighted by atomic mass is 10.0. The van der Waals surface area contributed by atoms with Crippen molar-refractivity contribution in [1.82, 2.24) is 14.7 Å². The monoisotopic (exact) mass is 340 g/mol. The molecule has 0 saturated carbocycles. The van der Waals surface area contributed by atoms with Crippen LogP contribution in [0.15, 0.2) is 42.7 Å². The van der Waals surface area contributed by atoms with Crippen LogP contribution in [-0.4, -0.2) is 46.8 Å². The van der Waals surface area contributed by atoms with E-state index in [1.807, 2.05) is 17.9 Å². The Morgan fingerprint density at radius 2 is 2.12 bits per heavy atom. The van der Waals surface area contributed by atoms with Crippen LogP contribution in [0.4, 0.5) is 0 Å². The Morgan fingerprint density at radius 3 is 2.72 bits per heavy atom. The second kappa shape index (κ2) is 7.98. The molecule has 25 heavy (non-hydrogen) atoms. The Morgan fingerprint density at radius 1 is 1.32 bits per heavy atom. The molecule has 0 bridgehead atoms. The first kappa shape index (κ1) is 17.2. The van der Waals surface area contributed by atoms with Gasteiger partial charge in [-0.3, -0.25) is 14.4 Å². The number of carbonyl (C=O) groups is 1. The molecule has 2 aromatic rings. The summed E-state index contributed by atoms with van der Waals surface area (Å²) >= 11 is 0. The smallest absolute Gasteiger partial charge is 0.248 e. The molecule has 2 heterocycles. The summed E-state index contributed by atoms with van der Waals surface area (Å²) in [6, 6.07) is 6.94. The molecule has 1 amide bonds. The molecule has 1 aromatic heterocycles. The van der Waals surface area contributed by atoms with Crippen LogP contribution in [0, 0.1) is 0 Å². The second-order valence-corrected chi connectivity index (χ2v) is 6.27.